The molecule has 6 aromatic carbocycles. The number of fused-ring (bicyclic) bond motifs is 4. The molecule has 2 heteroatoms. The third-order valence-corrected chi connectivity index (χ3v) is 7.31. The number of hydrogen-bond donors (Lipinski definition) is 0. The maximum atomic E-state index is 5.16. The number of rotatable bonds is 2. The van der Waals surface area contributed by atoms with Crippen LogP contribution in [0, 0.1) is 0 Å². The molecule has 0 amide bonds. The lowest BCUT2D eigenvalue weighted by molar-refractivity contribution is 1.09. The molecule has 8 aromatic rings. The number of pyridine rings is 1. The van der Waals surface area contributed by atoms with Gasteiger partial charge >= 0.3 is 0 Å². The second kappa shape index (κ2) is 6.91. The minimum absolute atomic E-state index is 0.938. The van der Waals surface area contributed by atoms with E-state index in [1.165, 1.54) is 54.1 Å². The smallest absolute Gasteiger partial charge is 0.138 e. The van der Waals surface area contributed by atoms with E-state index < -0.39 is 0 Å². The van der Waals surface area contributed by atoms with Crippen LogP contribution in [-0.4, -0.2) is 9.55 Å². The fourth-order valence-electron chi connectivity index (χ4n) is 5.81. The summed E-state index contributed by atoms with van der Waals surface area (Å²) in [5, 5.41) is 10.3. The van der Waals surface area contributed by atoms with Crippen molar-refractivity contribution in [3.63, 3.8) is 0 Å². The van der Waals surface area contributed by atoms with E-state index in [1.807, 2.05) is 6.07 Å². The molecule has 8 rings (SSSR count). The van der Waals surface area contributed by atoms with Crippen molar-refractivity contribution in [2.24, 2.45) is 0 Å². The number of aromatic nitrogens is 2. The molecule has 0 bridgehead atoms. The van der Waals surface area contributed by atoms with E-state index in [4.69, 9.17) is 4.98 Å². The first-order valence-corrected chi connectivity index (χ1v) is 12.0. The fraction of sp³-hybridized carbons (Fsp3) is 0. The van der Waals surface area contributed by atoms with Crippen LogP contribution in [0.5, 0.6) is 0 Å². The largest absolute Gasteiger partial charge is 0.293 e. The number of hydrogen-bond acceptors (Lipinski definition) is 1. The molecule has 0 saturated carbocycles. The lowest BCUT2D eigenvalue weighted by atomic mass is 9.92. The summed E-state index contributed by atoms with van der Waals surface area (Å²) in [6, 6.07) is 43.4. The topological polar surface area (TPSA) is 17.8 Å². The molecule has 0 fully saturated rings. The van der Waals surface area contributed by atoms with E-state index in [2.05, 4.69) is 120 Å². The summed E-state index contributed by atoms with van der Waals surface area (Å²) in [5.74, 6) is 0.938. The molecular weight excluding hydrogens is 424 g/mol. The molecule has 0 N–H and O–H groups in total. The van der Waals surface area contributed by atoms with Gasteiger partial charge in [-0.15, -0.1) is 0 Å². The Labute approximate surface area is 202 Å². The van der Waals surface area contributed by atoms with Gasteiger partial charge in [-0.05, 0) is 51.2 Å². The van der Waals surface area contributed by atoms with Crippen LogP contribution in [-0.2, 0) is 0 Å². The van der Waals surface area contributed by atoms with Gasteiger partial charge in [0.05, 0.1) is 16.7 Å². The summed E-state index contributed by atoms with van der Waals surface area (Å²) in [6.07, 6.45) is 0. The average molecular weight is 445 g/mol. The Morgan fingerprint density at radius 3 is 2.11 bits per heavy atom. The van der Waals surface area contributed by atoms with E-state index >= 15 is 0 Å². The maximum absolute atomic E-state index is 5.16. The van der Waals surface area contributed by atoms with Crippen molar-refractivity contribution in [3.8, 4) is 17.1 Å². The van der Waals surface area contributed by atoms with Gasteiger partial charge < -0.3 is 0 Å². The average Bonchev–Trinajstić information content (AvgIpc) is 3.26. The molecule has 2 heterocycles. The molecular formula is C33H20N2. The minimum Gasteiger partial charge on any atom is -0.293 e. The Bertz CT molecular complexity index is 2030. The third kappa shape index (κ3) is 2.57. The van der Waals surface area contributed by atoms with Crippen LogP contribution in [0.1, 0.15) is 0 Å². The number of para-hydroxylation sites is 1. The normalized spacial score (nSPS) is 12.0. The predicted molar refractivity (Wildman–Crippen MR) is 148 cm³/mol. The SMILES string of the molecule is c1ccc(-c2cccc(-n3c4ccccc4c4cc5ccc6cccc7ccc(c5c67)c43)n2)cc1. The highest BCUT2D eigenvalue weighted by atomic mass is 15.1. The van der Waals surface area contributed by atoms with Crippen LogP contribution in [0.15, 0.2) is 121 Å². The molecule has 0 radical (unpaired) electrons. The molecule has 0 aliphatic rings. The molecule has 0 aliphatic carbocycles. The first-order valence-electron chi connectivity index (χ1n) is 12.0. The minimum atomic E-state index is 0.938. The van der Waals surface area contributed by atoms with Crippen molar-refractivity contribution in [1.29, 1.82) is 0 Å². The zero-order valence-corrected chi connectivity index (χ0v) is 18.9. The van der Waals surface area contributed by atoms with Crippen LogP contribution < -0.4 is 0 Å². The monoisotopic (exact) mass is 444 g/mol. The molecule has 35 heavy (non-hydrogen) atoms. The van der Waals surface area contributed by atoms with Crippen LogP contribution in [0.4, 0.5) is 0 Å². The van der Waals surface area contributed by atoms with Gasteiger partial charge in [-0.2, -0.15) is 0 Å². The highest BCUT2D eigenvalue weighted by Gasteiger charge is 2.19. The molecule has 0 saturated heterocycles. The van der Waals surface area contributed by atoms with E-state index in [9.17, 15) is 0 Å². The molecule has 0 aliphatic heterocycles. The van der Waals surface area contributed by atoms with Gasteiger partial charge in [0.15, 0.2) is 0 Å². The zero-order chi connectivity index (χ0) is 22.9. The van der Waals surface area contributed by atoms with Crippen molar-refractivity contribution < 1.29 is 0 Å². The second-order valence-electron chi connectivity index (χ2n) is 9.23. The summed E-state index contributed by atoms with van der Waals surface area (Å²) < 4.78 is 2.35. The van der Waals surface area contributed by atoms with Crippen molar-refractivity contribution in [2.45, 2.75) is 0 Å². The quantitative estimate of drug-likeness (QED) is 0.244. The molecule has 0 unspecified atom stereocenters. The zero-order valence-electron chi connectivity index (χ0n) is 18.9. The van der Waals surface area contributed by atoms with Gasteiger partial charge in [0, 0.05) is 21.7 Å². The van der Waals surface area contributed by atoms with Crippen LogP contribution in [0.25, 0.3) is 71.2 Å². The maximum Gasteiger partial charge on any atom is 0.138 e. The summed E-state index contributed by atoms with van der Waals surface area (Å²) in [7, 11) is 0. The van der Waals surface area contributed by atoms with Gasteiger partial charge in [0.25, 0.3) is 0 Å². The molecule has 0 atom stereocenters. The van der Waals surface area contributed by atoms with Gasteiger partial charge in [0.2, 0.25) is 0 Å². The van der Waals surface area contributed by atoms with Gasteiger partial charge in [0.1, 0.15) is 5.82 Å². The van der Waals surface area contributed by atoms with Crippen molar-refractivity contribution in [2.75, 3.05) is 0 Å². The van der Waals surface area contributed by atoms with Gasteiger partial charge in [-0.1, -0.05) is 97.1 Å². The Morgan fingerprint density at radius 2 is 1.23 bits per heavy atom. The highest BCUT2D eigenvalue weighted by Crippen LogP contribution is 2.42. The summed E-state index contributed by atoms with van der Waals surface area (Å²) in [5.41, 5.74) is 4.49. The van der Waals surface area contributed by atoms with E-state index in [-0.39, 0.29) is 0 Å². The standard InChI is InChI=1S/C33H20N2/c1-2-8-21(9-3-1)28-13-7-15-30(34-28)35-29-14-5-4-12-25(29)27-20-24-17-16-22-10-6-11-23-18-19-26(33(27)35)32(24)31(22)23/h1-20H. The van der Waals surface area contributed by atoms with E-state index in [1.54, 1.807) is 0 Å². The summed E-state index contributed by atoms with van der Waals surface area (Å²) >= 11 is 0. The van der Waals surface area contributed by atoms with E-state index in [0.29, 0.717) is 0 Å². The van der Waals surface area contributed by atoms with E-state index in [0.717, 1.165) is 17.1 Å². The van der Waals surface area contributed by atoms with Crippen LogP contribution >= 0.6 is 0 Å². The lowest BCUT2D eigenvalue weighted by Gasteiger charge is -2.14. The van der Waals surface area contributed by atoms with Gasteiger partial charge in [-0.3, -0.25) is 4.57 Å². The van der Waals surface area contributed by atoms with Crippen LogP contribution in [0.3, 0.4) is 0 Å². The molecule has 0 spiro atoms. The summed E-state index contributed by atoms with van der Waals surface area (Å²) in [4.78, 5) is 5.16. The van der Waals surface area contributed by atoms with Crippen molar-refractivity contribution >= 4 is 54.1 Å². The predicted octanol–water partition coefficient (Wildman–Crippen LogP) is 8.74. The van der Waals surface area contributed by atoms with Crippen LogP contribution in [0.2, 0.25) is 0 Å². The third-order valence-electron chi connectivity index (χ3n) is 7.31. The Morgan fingerprint density at radius 1 is 0.486 bits per heavy atom. The first kappa shape index (κ1) is 18.7. The van der Waals surface area contributed by atoms with Crippen molar-refractivity contribution in [1.82, 2.24) is 9.55 Å². The number of nitrogens with zero attached hydrogens (tertiary/aromatic N) is 2. The summed E-state index contributed by atoms with van der Waals surface area (Å²) in [6.45, 7) is 0. The fourth-order valence-corrected chi connectivity index (χ4v) is 5.81. The highest BCUT2D eigenvalue weighted by molar-refractivity contribution is 6.31. The lowest BCUT2D eigenvalue weighted by Crippen LogP contribution is -1.99. The number of benzene rings is 6. The Balaban J connectivity index is 1.56. The Hall–Kier alpha value is -4.69. The molecule has 2 aromatic heterocycles. The second-order valence-corrected chi connectivity index (χ2v) is 9.23. The van der Waals surface area contributed by atoms with Gasteiger partial charge in [-0.25, -0.2) is 4.98 Å². The Kier molecular flexibility index (Phi) is 3.69. The first-order chi connectivity index (χ1) is 17.4. The van der Waals surface area contributed by atoms with Crippen molar-refractivity contribution in [3.05, 3.63) is 121 Å². The molecule has 2 nitrogen and oxygen atoms in total. The molecule has 162 valence electrons.